The van der Waals surface area contributed by atoms with E-state index < -0.39 is 21.8 Å². The molecular formula is C19H25F2N5O3S2. The molecule has 0 radical (unpaired) electrons. The largest absolute Gasteiger partial charge is 0.473 e. The predicted molar refractivity (Wildman–Crippen MR) is 115 cm³/mol. The number of nitrogens with one attached hydrogen (secondary N) is 1. The molecule has 0 amide bonds. The van der Waals surface area contributed by atoms with Crippen molar-refractivity contribution < 1.29 is 21.9 Å². The number of ether oxygens (including phenoxy) is 1. The van der Waals surface area contributed by atoms with Crippen LogP contribution in [-0.2, 0) is 16.0 Å². The molecule has 12 heteroatoms. The molecule has 0 saturated carbocycles. The summed E-state index contributed by atoms with van der Waals surface area (Å²) in [6.07, 6.45) is 0.588. The minimum Gasteiger partial charge on any atom is -0.473 e. The second-order valence-electron chi connectivity index (χ2n) is 7.43. The lowest BCUT2D eigenvalue weighted by Crippen LogP contribution is -2.45. The fraction of sp³-hybridized carbons (Fsp3) is 0.474. The molecule has 1 atom stereocenters. The van der Waals surface area contributed by atoms with Crippen molar-refractivity contribution >= 4 is 27.8 Å². The maximum Gasteiger partial charge on any atom is 0.302 e. The van der Waals surface area contributed by atoms with Gasteiger partial charge in [-0.15, -0.1) is 0 Å². The number of thioether (sulfide) groups is 1. The first-order chi connectivity index (χ1) is 14.6. The molecule has 31 heavy (non-hydrogen) atoms. The first-order valence-corrected chi connectivity index (χ1v) is 12.1. The van der Waals surface area contributed by atoms with Crippen molar-refractivity contribution in [2.75, 3.05) is 38.5 Å². The first kappa shape index (κ1) is 23.6. The summed E-state index contributed by atoms with van der Waals surface area (Å²) in [5, 5.41) is 0.180. The van der Waals surface area contributed by atoms with Gasteiger partial charge in [0, 0.05) is 37.0 Å². The van der Waals surface area contributed by atoms with E-state index in [2.05, 4.69) is 14.7 Å². The van der Waals surface area contributed by atoms with Gasteiger partial charge in [-0.25, -0.2) is 13.8 Å². The minimum atomic E-state index is -3.73. The Morgan fingerprint density at radius 1 is 1.29 bits per heavy atom. The number of aromatic nitrogens is 2. The quantitative estimate of drug-likeness (QED) is 0.419. The highest BCUT2D eigenvalue weighted by Gasteiger charge is 2.28. The van der Waals surface area contributed by atoms with Crippen LogP contribution in [0.4, 0.5) is 14.6 Å². The van der Waals surface area contributed by atoms with E-state index in [9.17, 15) is 17.2 Å². The maximum atomic E-state index is 14.0. The molecule has 0 unspecified atom stereocenters. The molecule has 0 aliphatic carbocycles. The fourth-order valence-corrected chi connectivity index (χ4v) is 4.93. The second-order valence-corrected chi connectivity index (χ2v) is 10.0. The molecular weight excluding hydrogens is 448 g/mol. The average molecular weight is 474 g/mol. The molecule has 1 aliphatic heterocycles. The van der Waals surface area contributed by atoms with Gasteiger partial charge in [-0.05, 0) is 33.5 Å². The number of hydrogen-bond donors (Lipinski definition) is 1. The van der Waals surface area contributed by atoms with Crippen molar-refractivity contribution in [3.63, 3.8) is 0 Å². The highest BCUT2D eigenvalue weighted by molar-refractivity contribution is 7.98. The maximum absolute atomic E-state index is 14.0. The van der Waals surface area contributed by atoms with Gasteiger partial charge in [0.25, 0.3) is 0 Å². The highest BCUT2D eigenvalue weighted by Crippen LogP contribution is 2.27. The van der Waals surface area contributed by atoms with E-state index >= 15 is 0 Å². The molecule has 1 N–H and O–H groups in total. The third-order valence-corrected chi connectivity index (χ3v) is 6.81. The number of rotatable bonds is 10. The Labute approximate surface area is 185 Å². The zero-order chi connectivity index (χ0) is 22.6. The van der Waals surface area contributed by atoms with Crippen LogP contribution in [0.5, 0.6) is 5.88 Å². The van der Waals surface area contributed by atoms with Gasteiger partial charge in [0.05, 0.1) is 0 Å². The van der Waals surface area contributed by atoms with Crippen LogP contribution in [0.1, 0.15) is 18.9 Å². The summed E-state index contributed by atoms with van der Waals surface area (Å²) in [5.74, 6) is -1.56. The summed E-state index contributed by atoms with van der Waals surface area (Å²) in [6, 6.07) is 5.35. The molecule has 2 heterocycles. The zero-order valence-corrected chi connectivity index (χ0v) is 19.1. The van der Waals surface area contributed by atoms with Gasteiger partial charge in [0.15, 0.2) is 16.8 Å². The van der Waals surface area contributed by atoms with Crippen molar-refractivity contribution in [1.82, 2.24) is 19.2 Å². The van der Waals surface area contributed by atoms with Crippen molar-refractivity contribution in [3.8, 4) is 5.88 Å². The number of anilines is 1. The number of hydrogen-bond acceptors (Lipinski definition) is 7. The van der Waals surface area contributed by atoms with Gasteiger partial charge in [0.2, 0.25) is 5.88 Å². The Hall–Kier alpha value is -2.02. The van der Waals surface area contributed by atoms with Crippen LogP contribution in [0.15, 0.2) is 29.4 Å². The minimum absolute atomic E-state index is 0.0520. The van der Waals surface area contributed by atoms with Gasteiger partial charge >= 0.3 is 10.2 Å². The molecule has 8 nitrogen and oxygen atoms in total. The molecule has 3 rings (SSSR count). The third-order valence-electron chi connectivity index (χ3n) is 4.40. The SMILES string of the molecule is C[C@@H](CN(C)C)Oc1cc(NS(=O)(=O)N2CCC2)nc(SCc2cccc(F)c2F)n1. The lowest BCUT2D eigenvalue weighted by Gasteiger charge is -2.29. The number of halogens is 2. The van der Waals surface area contributed by atoms with Crippen LogP contribution in [0.3, 0.4) is 0 Å². The first-order valence-electron chi connectivity index (χ1n) is 9.68. The lowest BCUT2D eigenvalue weighted by atomic mass is 10.2. The number of nitrogens with zero attached hydrogens (tertiary/aromatic N) is 4. The summed E-state index contributed by atoms with van der Waals surface area (Å²) in [4.78, 5) is 10.5. The fourth-order valence-electron chi connectivity index (χ4n) is 2.87. The highest BCUT2D eigenvalue weighted by atomic mass is 32.2. The summed E-state index contributed by atoms with van der Waals surface area (Å²) in [5.41, 5.74) is 0.156. The molecule has 1 saturated heterocycles. The average Bonchev–Trinajstić information content (AvgIpc) is 2.59. The predicted octanol–water partition coefficient (Wildman–Crippen LogP) is 2.74. The van der Waals surface area contributed by atoms with E-state index in [-0.39, 0.29) is 34.3 Å². The van der Waals surface area contributed by atoms with Crippen LogP contribution in [-0.4, -0.2) is 67.4 Å². The molecule has 1 fully saturated rings. The Morgan fingerprint density at radius 2 is 2.03 bits per heavy atom. The molecule has 1 aliphatic rings. The van der Waals surface area contributed by atoms with Crippen LogP contribution >= 0.6 is 11.8 Å². The summed E-state index contributed by atoms with van der Waals surface area (Å²) in [6.45, 7) is 3.38. The summed E-state index contributed by atoms with van der Waals surface area (Å²) >= 11 is 1.05. The smallest absolute Gasteiger partial charge is 0.302 e. The van der Waals surface area contributed by atoms with E-state index in [0.29, 0.717) is 19.6 Å². The monoisotopic (exact) mass is 473 g/mol. The lowest BCUT2D eigenvalue weighted by molar-refractivity contribution is 0.169. The second kappa shape index (κ2) is 10.1. The number of benzene rings is 1. The third kappa shape index (κ3) is 6.48. The van der Waals surface area contributed by atoms with Crippen LogP contribution < -0.4 is 9.46 Å². The normalized spacial score (nSPS) is 15.5. The van der Waals surface area contributed by atoms with E-state index in [1.165, 1.54) is 22.5 Å². The van der Waals surface area contributed by atoms with Crippen molar-refractivity contribution in [2.45, 2.75) is 30.4 Å². The Balaban J connectivity index is 1.82. The van der Waals surface area contributed by atoms with Crippen LogP contribution in [0.25, 0.3) is 0 Å². The molecule has 0 bridgehead atoms. The van der Waals surface area contributed by atoms with Gasteiger partial charge in [-0.3, -0.25) is 4.72 Å². The topological polar surface area (TPSA) is 87.7 Å². The van der Waals surface area contributed by atoms with Gasteiger partial charge < -0.3 is 9.64 Å². The van der Waals surface area contributed by atoms with E-state index in [1.54, 1.807) is 0 Å². The van der Waals surface area contributed by atoms with Crippen LogP contribution in [0.2, 0.25) is 0 Å². The van der Waals surface area contributed by atoms with E-state index in [0.717, 1.165) is 24.2 Å². The summed E-state index contributed by atoms with van der Waals surface area (Å²) < 4.78 is 61.9. The molecule has 170 valence electrons. The van der Waals surface area contributed by atoms with Crippen molar-refractivity contribution in [1.29, 1.82) is 0 Å². The van der Waals surface area contributed by atoms with Crippen molar-refractivity contribution in [2.24, 2.45) is 0 Å². The molecule has 1 aromatic heterocycles. The van der Waals surface area contributed by atoms with Gasteiger partial charge in [-0.2, -0.15) is 17.7 Å². The number of likely N-dealkylation sites (N-methyl/N-ethyl adjacent to an activating group) is 1. The van der Waals surface area contributed by atoms with Gasteiger partial charge in [-0.1, -0.05) is 23.9 Å². The van der Waals surface area contributed by atoms with E-state index in [4.69, 9.17) is 4.74 Å². The van der Waals surface area contributed by atoms with Crippen LogP contribution in [0, 0.1) is 11.6 Å². The Bertz CT molecular complexity index is 1020. The van der Waals surface area contributed by atoms with Crippen molar-refractivity contribution in [3.05, 3.63) is 41.5 Å². The molecule has 2 aromatic rings. The summed E-state index contributed by atoms with van der Waals surface area (Å²) in [7, 11) is 0.0815. The Morgan fingerprint density at radius 3 is 2.68 bits per heavy atom. The molecule has 0 spiro atoms. The molecule has 1 aromatic carbocycles. The zero-order valence-electron chi connectivity index (χ0n) is 17.5. The van der Waals surface area contributed by atoms with Gasteiger partial charge in [0.1, 0.15) is 11.9 Å². The van der Waals surface area contributed by atoms with E-state index in [1.807, 2.05) is 25.9 Å². The standard InChI is InChI=1S/C19H25F2N5O3S2/c1-13(11-25(2)3)29-17-10-16(24-31(27,28)26-8-5-9-26)22-19(23-17)30-12-14-6-4-7-15(20)18(14)21/h4,6-7,10,13H,5,8-9,11-12H2,1-3H3,(H,22,23,24)/t13-/m0/s1. The Kier molecular flexibility index (Phi) is 7.68.